The zero-order chi connectivity index (χ0) is 0. The molecule has 0 heterocycles. The van der Waals surface area contributed by atoms with Crippen molar-refractivity contribution in [3.63, 3.8) is 0 Å². The first-order chi connectivity index (χ1) is 0. The van der Waals surface area contributed by atoms with E-state index in [4.69, 9.17) is 0 Å². The van der Waals surface area contributed by atoms with E-state index < -0.39 is 0 Å². The summed E-state index contributed by atoms with van der Waals surface area (Å²) < 4.78 is 0. The van der Waals surface area contributed by atoms with Crippen molar-refractivity contribution in [3.05, 3.63) is 0 Å². The normalized spacial score (nSPS) is 0. The van der Waals surface area contributed by atoms with Crippen molar-refractivity contribution in [2.75, 3.05) is 0 Å². The van der Waals surface area contributed by atoms with Crippen molar-refractivity contribution in [3.8, 4) is 0 Å². The second-order valence-electron chi connectivity index (χ2n) is 0. The van der Waals surface area contributed by atoms with Crippen LogP contribution in [0.15, 0.2) is 0 Å². The van der Waals surface area contributed by atoms with Gasteiger partial charge in [-0.1, -0.05) is 0 Å². The minimum absolute atomic E-state index is 0. The smallest absolute Gasteiger partial charge is 0 e. The third-order valence-corrected chi connectivity index (χ3v) is 0. The zero-order valence-corrected chi connectivity index (χ0v) is 13.8. The standard InChI is InChI=1S/Al.2Mo.2Nb.Nd.3H. The van der Waals surface area contributed by atoms with Crippen molar-refractivity contribution in [1.29, 1.82) is 0 Å². The van der Waals surface area contributed by atoms with Gasteiger partial charge in [-0.3, -0.25) is 0 Å². The van der Waals surface area contributed by atoms with Gasteiger partial charge >= 0.3 is 0 Å². The minimum atomic E-state index is 0. The van der Waals surface area contributed by atoms with Gasteiger partial charge in [-0.2, -0.15) is 0 Å². The predicted octanol–water partition coefficient (Wildman–Crippen LogP) is -1.19. The molecule has 0 aromatic rings. The Kier molecular flexibility index (Phi) is 250. The van der Waals surface area contributed by atoms with Gasteiger partial charge in [0.05, 0.1) is 0 Å². The molecule has 0 nitrogen and oxygen atoms in total. The van der Waals surface area contributed by atoms with Crippen molar-refractivity contribution in [2.24, 2.45) is 0 Å². The molecule has 6 heavy (non-hydrogen) atoms. The fourth-order valence-corrected chi connectivity index (χ4v) is 0. The number of rotatable bonds is 0. The first kappa shape index (κ1) is 45.3. The van der Waals surface area contributed by atoms with E-state index in [-0.39, 0.29) is 145 Å². The molecule has 0 aliphatic heterocycles. The van der Waals surface area contributed by atoms with Gasteiger partial charge in [0.25, 0.3) is 0 Å². The molecular formula is H3AlMo2Nb2Nd. The summed E-state index contributed by atoms with van der Waals surface area (Å²) in [4.78, 5) is 0. The molecule has 0 rings (SSSR count). The Morgan fingerprint density at radius 1 is 0.667 bits per heavy atom. The van der Waals surface area contributed by atoms with E-state index in [0.29, 0.717) is 0 Å². The fraction of sp³-hybridized carbons (Fsp3) is 0. The van der Waals surface area contributed by atoms with Crippen LogP contribution in [0.4, 0.5) is 0 Å². The van der Waals surface area contributed by atoms with Gasteiger partial charge in [0.2, 0.25) is 0 Å². The van der Waals surface area contributed by atoms with Crippen molar-refractivity contribution < 1.29 is 128 Å². The summed E-state index contributed by atoms with van der Waals surface area (Å²) in [5.41, 5.74) is 0. The molecule has 0 aromatic carbocycles. The molecule has 6 heteroatoms. The summed E-state index contributed by atoms with van der Waals surface area (Å²) in [5, 5.41) is 0. The first-order valence-electron chi connectivity index (χ1n) is 0. The topological polar surface area (TPSA) is 0 Å². The van der Waals surface area contributed by atoms with Crippen LogP contribution in [0.1, 0.15) is 0 Å². The van der Waals surface area contributed by atoms with Gasteiger partial charge in [0.15, 0.2) is 17.4 Å². The Labute approximate surface area is 141 Å². The average molecular weight is 552 g/mol. The van der Waals surface area contributed by atoms with E-state index in [1.54, 1.807) is 0 Å². The molecule has 0 unspecified atom stereocenters. The van der Waals surface area contributed by atoms with Crippen molar-refractivity contribution in [2.45, 2.75) is 0 Å². The average Bonchev–Trinajstić information content (AvgIpc) is 0. The van der Waals surface area contributed by atoms with Gasteiger partial charge in [-0.05, 0) is 0 Å². The summed E-state index contributed by atoms with van der Waals surface area (Å²) in [6.07, 6.45) is 0. The van der Waals surface area contributed by atoms with E-state index in [9.17, 15) is 0 Å². The second-order valence-corrected chi connectivity index (χ2v) is 0. The Balaban J connectivity index is 0. The quantitative estimate of drug-likeness (QED) is 0.332. The summed E-state index contributed by atoms with van der Waals surface area (Å²) in [6, 6.07) is 0. The van der Waals surface area contributed by atoms with Crippen molar-refractivity contribution in [1.82, 2.24) is 0 Å². The molecule has 0 amide bonds. The summed E-state index contributed by atoms with van der Waals surface area (Å²) in [5.74, 6) is 0. The molecule has 0 atom stereocenters. The summed E-state index contributed by atoms with van der Waals surface area (Å²) in [7, 11) is 0. The molecule has 0 spiro atoms. The van der Waals surface area contributed by atoms with Crippen LogP contribution in [0, 0.1) is 40.8 Å². The maximum absolute atomic E-state index is 0. The molecule has 0 aromatic heterocycles. The molecule has 0 aliphatic carbocycles. The third kappa shape index (κ3) is 23.3. The van der Waals surface area contributed by atoms with Crippen LogP contribution >= 0.6 is 0 Å². The largest absolute Gasteiger partial charge is 0.187 e. The van der Waals surface area contributed by atoms with Crippen LogP contribution in [-0.2, 0) is 86.9 Å². The molecule has 0 bridgehead atoms. The molecule has 0 saturated carbocycles. The molecular weight excluding hydrogens is 549 g/mol. The van der Waals surface area contributed by atoms with E-state index in [2.05, 4.69) is 0 Å². The van der Waals surface area contributed by atoms with Crippen molar-refractivity contribution >= 4 is 17.4 Å². The maximum Gasteiger partial charge on any atom is 0.187 e. The van der Waals surface area contributed by atoms with Crippen LogP contribution in [0.25, 0.3) is 0 Å². The summed E-state index contributed by atoms with van der Waals surface area (Å²) >= 11 is 0. The monoisotopic (exact) mass is 554 g/mol. The molecule has 0 N–H and O–H groups in total. The number of hydrogen-bond acceptors (Lipinski definition) is 0. The summed E-state index contributed by atoms with van der Waals surface area (Å²) in [6.45, 7) is 0. The minimum Gasteiger partial charge on any atom is 0 e. The van der Waals surface area contributed by atoms with Gasteiger partial charge in [0.1, 0.15) is 0 Å². The molecule has 2 radical (unpaired) electrons. The Morgan fingerprint density at radius 3 is 0.667 bits per heavy atom. The Morgan fingerprint density at radius 2 is 0.667 bits per heavy atom. The van der Waals surface area contributed by atoms with Crippen LogP contribution < -0.4 is 0 Å². The molecule has 0 saturated heterocycles. The predicted molar refractivity (Wildman–Crippen MR) is 9.94 cm³/mol. The first-order valence-corrected chi connectivity index (χ1v) is 0. The van der Waals surface area contributed by atoms with Crippen LogP contribution in [0.2, 0.25) is 0 Å². The second kappa shape index (κ2) is 33.1. The van der Waals surface area contributed by atoms with E-state index in [1.807, 2.05) is 0 Å². The van der Waals surface area contributed by atoms with E-state index in [1.165, 1.54) is 0 Å². The van der Waals surface area contributed by atoms with Gasteiger partial charge in [0, 0.05) is 128 Å². The molecule has 0 fully saturated rings. The maximum atomic E-state index is 0. The van der Waals surface area contributed by atoms with Gasteiger partial charge in [-0.25, -0.2) is 0 Å². The van der Waals surface area contributed by atoms with Gasteiger partial charge < -0.3 is 0 Å². The fourth-order valence-electron chi connectivity index (χ4n) is 0. The SMILES string of the molecule is [AlH3].[Mo].[Mo].[Nb].[Nb].[Nd]. The van der Waals surface area contributed by atoms with Crippen LogP contribution in [-0.4, -0.2) is 17.4 Å². The Bertz CT molecular complexity index is 11.5. The Hall–Kier alpha value is 4.74. The zero-order valence-electron chi connectivity index (χ0n) is 2.21. The number of hydrogen-bond donors (Lipinski definition) is 0. The molecule has 0 aliphatic rings. The van der Waals surface area contributed by atoms with E-state index >= 15 is 0 Å². The van der Waals surface area contributed by atoms with Crippen LogP contribution in [0.5, 0.6) is 0 Å². The van der Waals surface area contributed by atoms with E-state index in [0.717, 1.165) is 0 Å². The van der Waals surface area contributed by atoms with Gasteiger partial charge in [-0.15, -0.1) is 0 Å². The van der Waals surface area contributed by atoms with Crippen LogP contribution in [0.3, 0.4) is 0 Å². The molecule has 32 valence electrons. The third-order valence-electron chi connectivity index (χ3n) is 0.